The molecular weight excluding hydrogens is 714 g/mol. The predicted octanol–water partition coefficient (Wildman–Crippen LogP) is 2.53. The molecule has 1 amide bonds. The second kappa shape index (κ2) is 14.6. The largest absolute Gasteiger partial charge is 0.456 e. The van der Waals surface area contributed by atoms with Crippen LogP contribution in [0.5, 0.6) is 0 Å². The number of fused-ring (bicyclic) bond motifs is 5. The van der Waals surface area contributed by atoms with E-state index in [0.29, 0.717) is 5.56 Å². The van der Waals surface area contributed by atoms with Crippen LogP contribution in [0.3, 0.4) is 0 Å². The Morgan fingerprint density at radius 1 is 0.945 bits per heavy atom. The van der Waals surface area contributed by atoms with E-state index in [-0.39, 0.29) is 29.7 Å². The van der Waals surface area contributed by atoms with Crippen molar-refractivity contribution in [3.05, 3.63) is 82.9 Å². The van der Waals surface area contributed by atoms with Crippen molar-refractivity contribution in [1.29, 1.82) is 0 Å². The summed E-state index contributed by atoms with van der Waals surface area (Å²) in [6.07, 6.45) is -9.50. The molecule has 296 valence electrons. The molecule has 4 aliphatic rings. The van der Waals surface area contributed by atoms with E-state index in [4.69, 9.17) is 23.7 Å². The minimum atomic E-state index is -2.28. The van der Waals surface area contributed by atoms with Gasteiger partial charge in [-0.05, 0) is 42.7 Å². The standard InChI is InChI=1S/C41H49NO13/c1-21-26(53-37(49)32(51-7)30(42-22(2)43)24-14-10-8-11-15-24)19-41(50)35(54-36(48)25-16-12-9-13-17-25)33-39(6,34(47)31(46)29(21)38(41,4)5)27(45)18-28-40(33,20-52-28)55-23(3)44/h8-17,26-28,30-33,35,45-46,50H,18-20H2,1-7H3,(H,42,43)/t26-,27-,28?,30-,31+,32+,33?,35?,39?,40-,41+/m0/s1. The van der Waals surface area contributed by atoms with E-state index in [1.165, 1.54) is 40.0 Å². The van der Waals surface area contributed by atoms with Crippen LogP contribution in [-0.4, -0.2) is 106 Å². The number of Topliss-reactive ketones (excluding diaryl/α,β-unsaturated/α-hetero) is 1. The van der Waals surface area contributed by atoms with E-state index in [1.54, 1.807) is 69.3 Å². The smallest absolute Gasteiger partial charge is 0.338 e. The summed E-state index contributed by atoms with van der Waals surface area (Å²) in [4.78, 5) is 68.3. The van der Waals surface area contributed by atoms with Crippen LogP contribution in [0.25, 0.3) is 0 Å². The van der Waals surface area contributed by atoms with Crippen molar-refractivity contribution in [3.8, 4) is 0 Å². The number of carbonyl (C=O) groups excluding carboxylic acids is 5. The fourth-order valence-electron chi connectivity index (χ4n) is 9.56. The number of benzene rings is 2. The zero-order chi connectivity index (χ0) is 40.2. The molecule has 14 heteroatoms. The SMILES string of the molecule is CO[C@@H](C(=O)O[C@H]1C[C@@]2(O)C(OC(=O)c3ccccc3)C3C(C)(C(=O)[C@H](O)C(=C1C)C2(C)C)[C@@H](O)CC1OC[C@]13OC(C)=O)[C@@H](NC(C)=O)c1ccccc1. The van der Waals surface area contributed by atoms with Gasteiger partial charge in [0.15, 0.2) is 17.5 Å². The number of esters is 3. The van der Waals surface area contributed by atoms with Gasteiger partial charge in [-0.2, -0.15) is 0 Å². The molecule has 0 aromatic heterocycles. The quantitative estimate of drug-likeness (QED) is 0.165. The van der Waals surface area contributed by atoms with Gasteiger partial charge in [-0.1, -0.05) is 62.4 Å². The minimum absolute atomic E-state index is 0.000594. The molecule has 2 saturated carbocycles. The number of hydrogen-bond acceptors (Lipinski definition) is 13. The first-order valence-electron chi connectivity index (χ1n) is 18.3. The number of methoxy groups -OCH3 is 1. The van der Waals surface area contributed by atoms with Crippen molar-refractivity contribution in [2.45, 2.75) is 108 Å². The fraction of sp³-hybridized carbons (Fsp3) is 0.537. The Labute approximate surface area is 319 Å². The molecule has 14 nitrogen and oxygen atoms in total. The Kier molecular flexibility index (Phi) is 10.6. The lowest BCUT2D eigenvalue weighted by molar-refractivity contribution is -0.346. The van der Waals surface area contributed by atoms with Gasteiger partial charge in [0.2, 0.25) is 5.91 Å². The molecule has 3 fully saturated rings. The molecule has 3 aliphatic carbocycles. The highest BCUT2D eigenvalue weighted by Gasteiger charge is 2.78. The highest BCUT2D eigenvalue weighted by atomic mass is 16.6. The van der Waals surface area contributed by atoms with E-state index in [2.05, 4.69) is 5.32 Å². The molecule has 11 atom stereocenters. The molecule has 1 saturated heterocycles. The number of aliphatic hydroxyl groups excluding tert-OH is 2. The van der Waals surface area contributed by atoms with Gasteiger partial charge in [-0.3, -0.25) is 14.4 Å². The van der Waals surface area contributed by atoms with Crippen molar-refractivity contribution in [3.63, 3.8) is 0 Å². The Bertz CT molecular complexity index is 1880. The summed E-state index contributed by atoms with van der Waals surface area (Å²) in [7, 11) is 1.28. The zero-order valence-electron chi connectivity index (χ0n) is 31.9. The van der Waals surface area contributed by atoms with E-state index in [0.717, 1.165) is 0 Å². The number of hydrogen-bond donors (Lipinski definition) is 4. The second-order valence-electron chi connectivity index (χ2n) is 15.8. The number of amides is 1. The number of nitrogens with one attached hydrogen (secondary N) is 1. The highest BCUT2D eigenvalue weighted by Crippen LogP contribution is 2.64. The average molecular weight is 764 g/mol. The summed E-state index contributed by atoms with van der Waals surface area (Å²) in [5.41, 5.74) is -6.63. The van der Waals surface area contributed by atoms with Crippen LogP contribution in [0.1, 0.15) is 76.3 Å². The van der Waals surface area contributed by atoms with Crippen molar-refractivity contribution < 1.29 is 63.0 Å². The van der Waals surface area contributed by atoms with E-state index >= 15 is 0 Å². The summed E-state index contributed by atoms with van der Waals surface area (Å²) in [5.74, 6) is -5.36. The predicted molar refractivity (Wildman–Crippen MR) is 193 cm³/mol. The van der Waals surface area contributed by atoms with Gasteiger partial charge in [0.1, 0.15) is 30.0 Å². The maximum Gasteiger partial charge on any atom is 0.338 e. The zero-order valence-corrected chi connectivity index (χ0v) is 31.9. The summed E-state index contributed by atoms with van der Waals surface area (Å²) in [6.45, 7) is 8.35. The third kappa shape index (κ3) is 6.37. The average Bonchev–Trinajstić information content (AvgIpc) is 3.13. The molecule has 2 aromatic carbocycles. The molecule has 2 aromatic rings. The summed E-state index contributed by atoms with van der Waals surface area (Å²) >= 11 is 0. The lowest BCUT2D eigenvalue weighted by Gasteiger charge is -2.67. The van der Waals surface area contributed by atoms with Gasteiger partial charge < -0.3 is 44.3 Å². The lowest BCUT2D eigenvalue weighted by atomic mass is 9.44. The van der Waals surface area contributed by atoms with Gasteiger partial charge in [0.05, 0.1) is 35.6 Å². The molecule has 55 heavy (non-hydrogen) atoms. The molecule has 2 bridgehead atoms. The molecule has 1 aliphatic heterocycles. The first-order valence-corrected chi connectivity index (χ1v) is 18.3. The van der Waals surface area contributed by atoms with Crippen LogP contribution < -0.4 is 5.32 Å². The van der Waals surface area contributed by atoms with E-state index in [1.807, 2.05) is 0 Å². The topological polar surface area (TPSA) is 204 Å². The first-order chi connectivity index (χ1) is 25.8. The van der Waals surface area contributed by atoms with Crippen molar-refractivity contribution in [2.24, 2.45) is 16.7 Å². The van der Waals surface area contributed by atoms with Crippen LogP contribution in [0, 0.1) is 16.7 Å². The van der Waals surface area contributed by atoms with Gasteiger partial charge in [0.25, 0.3) is 0 Å². The van der Waals surface area contributed by atoms with Gasteiger partial charge in [-0.25, -0.2) is 9.59 Å². The monoisotopic (exact) mass is 763 g/mol. The normalized spacial score (nSPS) is 34.6. The molecule has 0 radical (unpaired) electrons. The first kappa shape index (κ1) is 40.2. The molecule has 0 spiro atoms. The number of aliphatic hydroxyl groups is 3. The highest BCUT2D eigenvalue weighted by molar-refractivity contribution is 5.94. The van der Waals surface area contributed by atoms with E-state index < -0.39 is 107 Å². The molecular formula is C41H49NO13. The van der Waals surface area contributed by atoms with Crippen molar-refractivity contribution >= 4 is 29.6 Å². The van der Waals surface area contributed by atoms with Crippen LogP contribution in [0.4, 0.5) is 0 Å². The Morgan fingerprint density at radius 2 is 1.56 bits per heavy atom. The Balaban J connectivity index is 1.53. The lowest BCUT2D eigenvalue weighted by Crippen LogP contribution is -2.81. The maximum absolute atomic E-state index is 14.9. The fourth-order valence-corrected chi connectivity index (χ4v) is 9.56. The number of carbonyl (C=O) groups is 5. The molecule has 6 rings (SSSR count). The van der Waals surface area contributed by atoms with Gasteiger partial charge in [0, 0.05) is 39.2 Å². The van der Waals surface area contributed by atoms with Crippen molar-refractivity contribution in [1.82, 2.24) is 5.32 Å². The second-order valence-corrected chi connectivity index (χ2v) is 15.8. The van der Waals surface area contributed by atoms with Crippen molar-refractivity contribution in [2.75, 3.05) is 13.7 Å². The summed E-state index contributed by atoms with van der Waals surface area (Å²) in [5, 5.41) is 40.2. The Hall–Kier alpha value is -4.47. The summed E-state index contributed by atoms with van der Waals surface area (Å²) < 4.78 is 29.9. The van der Waals surface area contributed by atoms with Crippen LogP contribution >= 0.6 is 0 Å². The third-order valence-corrected chi connectivity index (χ3v) is 12.5. The molecule has 4 unspecified atom stereocenters. The maximum atomic E-state index is 14.9. The van der Waals surface area contributed by atoms with Crippen LogP contribution in [-0.2, 0) is 42.9 Å². The molecule has 1 heterocycles. The Morgan fingerprint density at radius 3 is 2.11 bits per heavy atom. The van der Waals surface area contributed by atoms with E-state index in [9.17, 15) is 39.3 Å². The third-order valence-electron chi connectivity index (χ3n) is 12.5. The van der Waals surface area contributed by atoms with Gasteiger partial charge >= 0.3 is 17.9 Å². The minimum Gasteiger partial charge on any atom is -0.456 e. The van der Waals surface area contributed by atoms with Gasteiger partial charge in [-0.15, -0.1) is 0 Å². The number of ketones is 1. The number of ether oxygens (including phenoxy) is 5. The number of rotatable bonds is 9. The van der Waals surface area contributed by atoms with Crippen LogP contribution in [0.15, 0.2) is 71.8 Å². The molecule has 4 N–H and O–H groups in total. The summed E-state index contributed by atoms with van der Waals surface area (Å²) in [6, 6.07) is 15.6. The van der Waals surface area contributed by atoms with Crippen LogP contribution in [0.2, 0.25) is 0 Å².